The Morgan fingerprint density at radius 2 is 1.82 bits per heavy atom. The van der Waals surface area contributed by atoms with Gasteiger partial charge in [-0.1, -0.05) is 12.1 Å². The minimum absolute atomic E-state index is 0.190. The van der Waals surface area contributed by atoms with Crippen molar-refractivity contribution in [3.05, 3.63) is 63.7 Å². The average Bonchev–Trinajstić information content (AvgIpc) is 2.47. The van der Waals surface area contributed by atoms with Crippen LogP contribution in [0.25, 0.3) is 0 Å². The van der Waals surface area contributed by atoms with Crippen molar-refractivity contribution in [2.75, 3.05) is 0 Å². The van der Waals surface area contributed by atoms with Crippen LogP contribution in [0.15, 0.2) is 42.5 Å². The van der Waals surface area contributed by atoms with Crippen molar-refractivity contribution >= 4 is 5.69 Å². The van der Waals surface area contributed by atoms with E-state index in [0.29, 0.717) is 0 Å². The van der Waals surface area contributed by atoms with E-state index in [2.05, 4.69) is 0 Å². The van der Waals surface area contributed by atoms with Crippen molar-refractivity contribution in [3.63, 3.8) is 0 Å². The Labute approximate surface area is 122 Å². The summed E-state index contributed by atoms with van der Waals surface area (Å²) < 4.78 is 43.7. The third-order valence-corrected chi connectivity index (χ3v) is 2.71. The molecule has 22 heavy (non-hydrogen) atoms. The average molecular weight is 308 g/mol. The fourth-order valence-electron chi connectivity index (χ4n) is 1.72. The van der Waals surface area contributed by atoms with Crippen LogP contribution in [0, 0.1) is 21.4 Å². The predicted octanol–water partition coefficient (Wildman–Crippen LogP) is 4.28. The summed E-state index contributed by atoms with van der Waals surface area (Å²) in [5, 5.41) is 19.6. The molecule has 2 aromatic rings. The van der Waals surface area contributed by atoms with Gasteiger partial charge in [-0.2, -0.15) is 18.4 Å². The minimum atomic E-state index is -4.62. The lowest BCUT2D eigenvalue weighted by atomic mass is 10.1. The van der Waals surface area contributed by atoms with E-state index in [0.717, 1.165) is 30.3 Å². The number of hydrogen-bond donors (Lipinski definition) is 0. The molecule has 0 unspecified atom stereocenters. The van der Waals surface area contributed by atoms with Crippen molar-refractivity contribution in [1.29, 1.82) is 5.26 Å². The number of nitro groups is 1. The van der Waals surface area contributed by atoms with Crippen LogP contribution in [0.1, 0.15) is 11.1 Å². The van der Waals surface area contributed by atoms with Gasteiger partial charge in [0.05, 0.1) is 10.5 Å². The van der Waals surface area contributed by atoms with E-state index in [1.54, 1.807) is 6.07 Å². The summed E-state index contributed by atoms with van der Waals surface area (Å²) in [4.78, 5) is 9.92. The van der Waals surface area contributed by atoms with Gasteiger partial charge in [-0.15, -0.1) is 0 Å². The van der Waals surface area contributed by atoms with Crippen LogP contribution in [0.4, 0.5) is 18.9 Å². The van der Waals surface area contributed by atoms with Gasteiger partial charge in [0.25, 0.3) is 5.69 Å². The maximum atomic E-state index is 12.9. The SMILES string of the molecule is N#Cc1cc([N+](=O)[O-])ccc1Oc1ccccc1C(F)(F)F. The summed E-state index contributed by atoms with van der Waals surface area (Å²) in [7, 11) is 0. The molecule has 0 saturated heterocycles. The molecule has 0 aliphatic carbocycles. The number of ether oxygens (including phenoxy) is 1. The van der Waals surface area contributed by atoms with Crippen LogP contribution in [0.3, 0.4) is 0 Å². The first-order valence-corrected chi connectivity index (χ1v) is 5.85. The third kappa shape index (κ3) is 3.15. The molecule has 0 N–H and O–H groups in total. The number of halogens is 3. The van der Waals surface area contributed by atoms with Crippen molar-refractivity contribution in [2.45, 2.75) is 6.18 Å². The highest BCUT2D eigenvalue weighted by atomic mass is 19.4. The molecule has 2 aromatic carbocycles. The number of nitriles is 1. The Balaban J connectivity index is 2.45. The molecule has 0 radical (unpaired) electrons. The minimum Gasteiger partial charge on any atom is -0.455 e. The van der Waals surface area contributed by atoms with Crippen LogP contribution < -0.4 is 4.74 Å². The lowest BCUT2D eigenvalue weighted by Crippen LogP contribution is -2.07. The second kappa shape index (κ2) is 5.73. The van der Waals surface area contributed by atoms with Crippen LogP contribution in [0.5, 0.6) is 11.5 Å². The van der Waals surface area contributed by atoms with E-state index >= 15 is 0 Å². The molecule has 0 bridgehead atoms. The van der Waals surface area contributed by atoms with Gasteiger partial charge in [0.2, 0.25) is 0 Å². The van der Waals surface area contributed by atoms with Crippen LogP contribution in [-0.2, 0) is 6.18 Å². The smallest absolute Gasteiger partial charge is 0.419 e. The van der Waals surface area contributed by atoms with Crippen LogP contribution in [-0.4, -0.2) is 4.92 Å². The molecule has 0 saturated carbocycles. The van der Waals surface area contributed by atoms with Crippen molar-refractivity contribution in [3.8, 4) is 17.6 Å². The number of rotatable bonds is 3. The molecular weight excluding hydrogens is 301 g/mol. The van der Waals surface area contributed by atoms with Crippen molar-refractivity contribution in [2.24, 2.45) is 0 Å². The molecule has 0 aliphatic heterocycles. The maximum absolute atomic E-state index is 12.9. The second-order valence-corrected chi connectivity index (χ2v) is 4.15. The van der Waals surface area contributed by atoms with Gasteiger partial charge in [0, 0.05) is 12.1 Å². The fourth-order valence-corrected chi connectivity index (χ4v) is 1.72. The molecule has 0 spiro atoms. The van der Waals surface area contributed by atoms with Gasteiger partial charge in [-0.3, -0.25) is 10.1 Å². The number of benzene rings is 2. The first kappa shape index (κ1) is 15.3. The van der Waals surface area contributed by atoms with Crippen LogP contribution in [0.2, 0.25) is 0 Å². The number of hydrogen-bond acceptors (Lipinski definition) is 4. The van der Waals surface area contributed by atoms with Gasteiger partial charge >= 0.3 is 6.18 Å². The molecule has 0 heterocycles. The molecule has 112 valence electrons. The number of alkyl halides is 3. The summed E-state index contributed by atoms with van der Waals surface area (Å²) in [6.07, 6.45) is -4.62. The monoisotopic (exact) mass is 308 g/mol. The van der Waals surface area contributed by atoms with E-state index < -0.39 is 22.4 Å². The van der Waals surface area contributed by atoms with E-state index in [1.165, 1.54) is 12.1 Å². The summed E-state index contributed by atoms with van der Waals surface area (Å²) in [5.74, 6) is -0.676. The Bertz CT molecular complexity index is 767. The zero-order valence-corrected chi connectivity index (χ0v) is 10.8. The highest BCUT2D eigenvalue weighted by molar-refractivity contribution is 5.52. The zero-order chi connectivity index (χ0) is 16.3. The normalized spacial score (nSPS) is 10.8. The van der Waals surface area contributed by atoms with Crippen molar-refractivity contribution in [1.82, 2.24) is 0 Å². The Morgan fingerprint density at radius 3 is 2.41 bits per heavy atom. The summed E-state index contributed by atoms with van der Waals surface area (Å²) in [6, 6.07) is 9.23. The predicted molar refractivity (Wildman–Crippen MR) is 69.3 cm³/mol. The zero-order valence-electron chi connectivity index (χ0n) is 10.8. The Hall–Kier alpha value is -3.08. The highest BCUT2D eigenvalue weighted by Crippen LogP contribution is 2.38. The molecule has 8 heteroatoms. The standard InChI is InChI=1S/C14H7F3N2O3/c15-14(16,17)11-3-1-2-4-13(11)22-12-6-5-10(19(20)21)7-9(12)8-18/h1-7H. The summed E-state index contributed by atoms with van der Waals surface area (Å²) in [5.41, 5.74) is -1.59. The topological polar surface area (TPSA) is 76.2 Å². The molecule has 0 fully saturated rings. The fraction of sp³-hybridized carbons (Fsp3) is 0.0714. The van der Waals surface area contributed by atoms with Gasteiger partial charge in [0.15, 0.2) is 0 Å². The van der Waals surface area contributed by atoms with E-state index in [4.69, 9.17) is 10.00 Å². The van der Waals surface area contributed by atoms with E-state index in [-0.39, 0.29) is 17.0 Å². The molecule has 0 amide bonds. The summed E-state index contributed by atoms with van der Waals surface area (Å²) in [6.45, 7) is 0. The number of para-hydroxylation sites is 1. The van der Waals surface area contributed by atoms with E-state index in [1.807, 2.05) is 0 Å². The molecule has 0 aromatic heterocycles. The first-order chi connectivity index (χ1) is 10.3. The number of non-ortho nitro benzene ring substituents is 1. The summed E-state index contributed by atoms with van der Waals surface area (Å²) >= 11 is 0. The van der Waals surface area contributed by atoms with E-state index in [9.17, 15) is 23.3 Å². The van der Waals surface area contributed by atoms with Crippen molar-refractivity contribution < 1.29 is 22.8 Å². The lowest BCUT2D eigenvalue weighted by molar-refractivity contribution is -0.384. The number of nitro benzene ring substituents is 1. The Kier molecular flexibility index (Phi) is 3.99. The Morgan fingerprint density at radius 1 is 1.14 bits per heavy atom. The van der Waals surface area contributed by atoms with Gasteiger partial charge < -0.3 is 4.74 Å². The van der Waals surface area contributed by atoms with Gasteiger partial charge in [-0.25, -0.2) is 0 Å². The largest absolute Gasteiger partial charge is 0.455 e. The molecule has 0 atom stereocenters. The quantitative estimate of drug-likeness (QED) is 0.626. The number of nitrogens with zero attached hydrogens (tertiary/aromatic N) is 2. The third-order valence-electron chi connectivity index (χ3n) is 2.71. The molecule has 2 rings (SSSR count). The van der Waals surface area contributed by atoms with Crippen LogP contribution >= 0.6 is 0 Å². The molecular formula is C14H7F3N2O3. The maximum Gasteiger partial charge on any atom is 0.419 e. The molecule has 5 nitrogen and oxygen atoms in total. The first-order valence-electron chi connectivity index (χ1n) is 5.85. The van der Waals surface area contributed by atoms with Gasteiger partial charge in [0.1, 0.15) is 23.1 Å². The highest BCUT2D eigenvalue weighted by Gasteiger charge is 2.34. The molecule has 0 aliphatic rings. The van der Waals surface area contributed by atoms with Gasteiger partial charge in [-0.05, 0) is 18.2 Å². The second-order valence-electron chi connectivity index (χ2n) is 4.15. The lowest BCUT2D eigenvalue weighted by Gasteiger charge is -2.13.